The van der Waals surface area contributed by atoms with Crippen molar-refractivity contribution in [2.45, 2.75) is 32.4 Å². The van der Waals surface area contributed by atoms with Gasteiger partial charge in [-0.15, -0.1) is 0 Å². The van der Waals surface area contributed by atoms with Gasteiger partial charge in [0.05, 0.1) is 23.7 Å². The lowest BCUT2D eigenvalue weighted by molar-refractivity contribution is 0.0859. The first kappa shape index (κ1) is 18.4. The molecule has 144 valence electrons. The van der Waals surface area contributed by atoms with E-state index < -0.39 is 0 Å². The summed E-state index contributed by atoms with van der Waals surface area (Å²) in [5, 5.41) is 3.70. The molecule has 2 heterocycles. The molecule has 0 spiro atoms. The summed E-state index contributed by atoms with van der Waals surface area (Å²) in [4.78, 5) is 25.6. The maximum Gasteiger partial charge on any atom is 0.252 e. The van der Waals surface area contributed by atoms with Crippen molar-refractivity contribution in [3.8, 4) is 0 Å². The SMILES string of the molecule is Cc1ccc(Cn2c(=O)cc(C(=O)NCC3CCCO3)c3ccccc32)cc1. The quantitative estimate of drug-likeness (QED) is 0.743. The van der Waals surface area contributed by atoms with Gasteiger partial charge in [0.15, 0.2) is 0 Å². The first-order chi connectivity index (χ1) is 13.6. The van der Waals surface area contributed by atoms with Gasteiger partial charge in [0.25, 0.3) is 11.5 Å². The van der Waals surface area contributed by atoms with Crippen LogP contribution in [0.15, 0.2) is 59.4 Å². The highest BCUT2D eigenvalue weighted by molar-refractivity contribution is 6.06. The molecule has 4 rings (SSSR count). The summed E-state index contributed by atoms with van der Waals surface area (Å²) in [5.74, 6) is -0.230. The van der Waals surface area contributed by atoms with Crippen molar-refractivity contribution in [3.05, 3.63) is 81.6 Å². The molecule has 1 N–H and O–H groups in total. The van der Waals surface area contributed by atoms with E-state index in [0.29, 0.717) is 18.7 Å². The molecule has 3 aromatic rings. The fraction of sp³-hybridized carbons (Fsp3) is 0.304. The van der Waals surface area contributed by atoms with Crippen LogP contribution in [0.3, 0.4) is 0 Å². The zero-order valence-electron chi connectivity index (χ0n) is 16.0. The lowest BCUT2D eigenvalue weighted by Gasteiger charge is -2.15. The Labute approximate surface area is 163 Å². The second-order valence-electron chi connectivity index (χ2n) is 7.33. The highest BCUT2D eigenvalue weighted by atomic mass is 16.5. The number of aryl methyl sites for hydroxylation is 1. The van der Waals surface area contributed by atoms with Crippen molar-refractivity contribution in [1.29, 1.82) is 0 Å². The summed E-state index contributed by atoms with van der Waals surface area (Å²) in [7, 11) is 0. The number of nitrogens with zero attached hydrogens (tertiary/aromatic N) is 1. The standard InChI is InChI=1S/C23H24N2O3/c1-16-8-10-17(11-9-16)15-25-21-7-3-2-6-19(21)20(13-22(25)26)23(27)24-14-18-5-4-12-28-18/h2-3,6-11,13,18H,4-5,12,14-15H2,1H3,(H,24,27). The van der Waals surface area contributed by atoms with Crippen LogP contribution in [0.2, 0.25) is 0 Å². The molecule has 1 atom stereocenters. The average molecular weight is 376 g/mol. The fourth-order valence-corrected chi connectivity index (χ4v) is 3.67. The van der Waals surface area contributed by atoms with Gasteiger partial charge in [0, 0.05) is 24.6 Å². The van der Waals surface area contributed by atoms with E-state index in [9.17, 15) is 9.59 Å². The minimum atomic E-state index is -0.230. The van der Waals surface area contributed by atoms with Gasteiger partial charge in [-0.3, -0.25) is 9.59 Å². The molecule has 1 aliphatic rings. The number of hydrogen-bond donors (Lipinski definition) is 1. The predicted molar refractivity (Wildman–Crippen MR) is 110 cm³/mol. The minimum Gasteiger partial charge on any atom is -0.376 e. The summed E-state index contributed by atoms with van der Waals surface area (Å²) in [5.41, 5.74) is 3.23. The van der Waals surface area contributed by atoms with Gasteiger partial charge in [-0.2, -0.15) is 0 Å². The third-order valence-electron chi connectivity index (χ3n) is 5.24. The zero-order chi connectivity index (χ0) is 19.5. The Morgan fingerprint density at radius 1 is 1.18 bits per heavy atom. The zero-order valence-corrected chi connectivity index (χ0v) is 16.0. The Morgan fingerprint density at radius 3 is 2.71 bits per heavy atom. The third kappa shape index (κ3) is 3.85. The molecule has 0 bridgehead atoms. The number of benzene rings is 2. The van der Waals surface area contributed by atoms with E-state index in [-0.39, 0.29) is 17.6 Å². The number of rotatable bonds is 5. The van der Waals surface area contributed by atoms with E-state index in [2.05, 4.69) is 5.32 Å². The Kier molecular flexibility index (Phi) is 5.26. The number of nitrogens with one attached hydrogen (secondary N) is 1. The van der Waals surface area contributed by atoms with E-state index in [1.807, 2.05) is 55.5 Å². The van der Waals surface area contributed by atoms with Crippen molar-refractivity contribution < 1.29 is 9.53 Å². The van der Waals surface area contributed by atoms with Crippen molar-refractivity contribution in [2.75, 3.05) is 13.2 Å². The molecule has 1 amide bonds. The van der Waals surface area contributed by atoms with Gasteiger partial charge in [-0.05, 0) is 31.4 Å². The van der Waals surface area contributed by atoms with Crippen LogP contribution in [0.1, 0.15) is 34.3 Å². The van der Waals surface area contributed by atoms with Gasteiger partial charge < -0.3 is 14.6 Å². The van der Waals surface area contributed by atoms with Crippen LogP contribution in [-0.4, -0.2) is 29.7 Å². The number of amides is 1. The monoisotopic (exact) mass is 376 g/mol. The number of carbonyl (C=O) groups is 1. The van der Waals surface area contributed by atoms with E-state index in [1.54, 1.807) is 4.57 Å². The molecule has 1 fully saturated rings. The Balaban J connectivity index is 1.66. The maximum atomic E-state index is 12.8. The van der Waals surface area contributed by atoms with Crippen LogP contribution < -0.4 is 10.9 Å². The highest BCUT2D eigenvalue weighted by Gasteiger charge is 2.19. The molecule has 1 aromatic heterocycles. The molecule has 0 aliphatic carbocycles. The molecular formula is C23H24N2O3. The van der Waals surface area contributed by atoms with Gasteiger partial charge in [0.1, 0.15) is 0 Å². The van der Waals surface area contributed by atoms with E-state index in [0.717, 1.165) is 35.9 Å². The number of para-hydroxylation sites is 1. The normalized spacial score (nSPS) is 16.4. The Morgan fingerprint density at radius 2 is 1.96 bits per heavy atom. The van der Waals surface area contributed by atoms with Gasteiger partial charge in [-0.25, -0.2) is 0 Å². The molecular weight excluding hydrogens is 352 g/mol. The highest BCUT2D eigenvalue weighted by Crippen LogP contribution is 2.19. The topological polar surface area (TPSA) is 60.3 Å². The maximum absolute atomic E-state index is 12.8. The van der Waals surface area contributed by atoms with E-state index in [1.165, 1.54) is 11.6 Å². The van der Waals surface area contributed by atoms with Crippen LogP contribution in [0.5, 0.6) is 0 Å². The number of hydrogen-bond acceptors (Lipinski definition) is 3. The number of aromatic nitrogens is 1. The molecule has 1 aliphatic heterocycles. The van der Waals surface area contributed by atoms with Crippen LogP contribution in [-0.2, 0) is 11.3 Å². The number of carbonyl (C=O) groups excluding carboxylic acids is 1. The number of fused-ring (bicyclic) bond motifs is 1. The van der Waals surface area contributed by atoms with Gasteiger partial charge in [0.2, 0.25) is 0 Å². The number of pyridine rings is 1. The van der Waals surface area contributed by atoms with Crippen molar-refractivity contribution >= 4 is 16.8 Å². The van der Waals surface area contributed by atoms with Crippen LogP contribution in [0.25, 0.3) is 10.9 Å². The largest absolute Gasteiger partial charge is 0.376 e. The predicted octanol–water partition coefficient (Wildman–Crippen LogP) is 3.27. The minimum absolute atomic E-state index is 0.0668. The molecule has 1 saturated heterocycles. The average Bonchev–Trinajstić information content (AvgIpc) is 3.23. The summed E-state index contributed by atoms with van der Waals surface area (Å²) >= 11 is 0. The second kappa shape index (κ2) is 7.98. The third-order valence-corrected chi connectivity index (χ3v) is 5.24. The van der Waals surface area contributed by atoms with Crippen LogP contribution in [0, 0.1) is 6.92 Å². The van der Waals surface area contributed by atoms with Crippen LogP contribution >= 0.6 is 0 Å². The Hall–Kier alpha value is -2.92. The lowest BCUT2D eigenvalue weighted by atomic mass is 10.1. The van der Waals surface area contributed by atoms with Crippen LogP contribution in [0.4, 0.5) is 0 Å². The van der Waals surface area contributed by atoms with Crippen molar-refractivity contribution in [2.24, 2.45) is 0 Å². The summed E-state index contributed by atoms with van der Waals surface area (Å²) in [6, 6.07) is 17.1. The summed E-state index contributed by atoms with van der Waals surface area (Å²) in [6.07, 6.45) is 2.05. The van der Waals surface area contributed by atoms with Crippen molar-refractivity contribution in [1.82, 2.24) is 9.88 Å². The smallest absolute Gasteiger partial charge is 0.252 e. The summed E-state index contributed by atoms with van der Waals surface area (Å²) < 4.78 is 7.28. The fourth-order valence-electron chi connectivity index (χ4n) is 3.67. The molecule has 5 heteroatoms. The molecule has 1 unspecified atom stereocenters. The van der Waals surface area contributed by atoms with Gasteiger partial charge in [-0.1, -0.05) is 48.0 Å². The molecule has 0 saturated carbocycles. The molecule has 2 aromatic carbocycles. The molecule has 0 radical (unpaired) electrons. The number of ether oxygens (including phenoxy) is 1. The molecule has 5 nitrogen and oxygen atoms in total. The Bertz CT molecular complexity index is 1050. The first-order valence-electron chi connectivity index (χ1n) is 9.70. The molecule has 28 heavy (non-hydrogen) atoms. The van der Waals surface area contributed by atoms with Crippen molar-refractivity contribution in [3.63, 3.8) is 0 Å². The lowest BCUT2D eigenvalue weighted by Crippen LogP contribution is -2.33. The summed E-state index contributed by atoms with van der Waals surface area (Å²) in [6.45, 7) is 3.73. The van der Waals surface area contributed by atoms with Gasteiger partial charge >= 0.3 is 0 Å². The second-order valence-corrected chi connectivity index (χ2v) is 7.33. The van der Waals surface area contributed by atoms with E-state index >= 15 is 0 Å². The van der Waals surface area contributed by atoms with E-state index in [4.69, 9.17) is 4.74 Å². The first-order valence-corrected chi connectivity index (χ1v) is 9.70.